The lowest BCUT2D eigenvalue weighted by Crippen LogP contribution is -2.32. The summed E-state index contributed by atoms with van der Waals surface area (Å²) in [7, 11) is 1.60. The second-order valence-corrected chi connectivity index (χ2v) is 6.31. The van der Waals surface area contributed by atoms with E-state index in [9.17, 15) is 9.59 Å². The number of nitrogens with one attached hydrogen (secondary N) is 1. The summed E-state index contributed by atoms with van der Waals surface area (Å²) >= 11 is 0. The van der Waals surface area contributed by atoms with Gasteiger partial charge in [0, 0.05) is 25.2 Å². The standard InChI is InChI=1S/C20H22N2O3/c1-14-4-3-5-15(10-14)12-21-20(24)16-11-19(23)22(13-16)17-6-8-18(25-2)9-7-17/h3-10,16H,11-13H2,1-2H3,(H,21,24). The number of carbonyl (C=O) groups is 2. The van der Waals surface area contributed by atoms with Crippen LogP contribution in [-0.4, -0.2) is 25.5 Å². The summed E-state index contributed by atoms with van der Waals surface area (Å²) in [5, 5.41) is 2.94. The van der Waals surface area contributed by atoms with Crippen molar-refractivity contribution >= 4 is 17.5 Å². The monoisotopic (exact) mass is 338 g/mol. The molecule has 0 aliphatic carbocycles. The Hall–Kier alpha value is -2.82. The number of hydrogen-bond donors (Lipinski definition) is 1. The van der Waals surface area contributed by atoms with Gasteiger partial charge in [-0.2, -0.15) is 0 Å². The van der Waals surface area contributed by atoms with Crippen LogP contribution >= 0.6 is 0 Å². The predicted molar refractivity (Wildman–Crippen MR) is 96.5 cm³/mol. The van der Waals surface area contributed by atoms with Gasteiger partial charge in [0.2, 0.25) is 11.8 Å². The van der Waals surface area contributed by atoms with E-state index in [2.05, 4.69) is 5.32 Å². The van der Waals surface area contributed by atoms with Crippen molar-refractivity contribution in [1.82, 2.24) is 5.32 Å². The summed E-state index contributed by atoms with van der Waals surface area (Å²) in [6.45, 7) is 2.91. The van der Waals surface area contributed by atoms with E-state index < -0.39 is 0 Å². The smallest absolute Gasteiger partial charge is 0.227 e. The predicted octanol–water partition coefficient (Wildman–Crippen LogP) is 2.67. The van der Waals surface area contributed by atoms with Crippen molar-refractivity contribution in [3.63, 3.8) is 0 Å². The van der Waals surface area contributed by atoms with Crippen LogP contribution in [0.3, 0.4) is 0 Å². The van der Waals surface area contributed by atoms with Crippen molar-refractivity contribution in [3.05, 3.63) is 59.7 Å². The summed E-state index contributed by atoms with van der Waals surface area (Å²) in [6, 6.07) is 15.3. The molecule has 0 aromatic heterocycles. The van der Waals surface area contributed by atoms with Crippen molar-refractivity contribution < 1.29 is 14.3 Å². The van der Waals surface area contributed by atoms with Crippen LogP contribution in [-0.2, 0) is 16.1 Å². The number of anilines is 1. The molecule has 0 saturated carbocycles. The SMILES string of the molecule is COc1ccc(N2CC(C(=O)NCc3cccc(C)c3)CC2=O)cc1. The quantitative estimate of drug-likeness (QED) is 0.912. The van der Waals surface area contributed by atoms with E-state index in [0.29, 0.717) is 13.1 Å². The summed E-state index contributed by atoms with van der Waals surface area (Å²) in [6.07, 6.45) is 0.242. The second kappa shape index (κ2) is 7.38. The van der Waals surface area contributed by atoms with Crippen LogP contribution in [0.25, 0.3) is 0 Å². The number of rotatable bonds is 5. The highest BCUT2D eigenvalue weighted by Crippen LogP contribution is 2.27. The van der Waals surface area contributed by atoms with Gasteiger partial charge in [-0.1, -0.05) is 29.8 Å². The Morgan fingerprint density at radius 3 is 2.68 bits per heavy atom. The van der Waals surface area contributed by atoms with Gasteiger partial charge in [-0.05, 0) is 36.8 Å². The molecule has 25 heavy (non-hydrogen) atoms. The largest absolute Gasteiger partial charge is 0.497 e. The Morgan fingerprint density at radius 1 is 1.24 bits per heavy atom. The van der Waals surface area contributed by atoms with Gasteiger partial charge >= 0.3 is 0 Å². The van der Waals surface area contributed by atoms with Crippen molar-refractivity contribution in [1.29, 1.82) is 0 Å². The molecule has 2 amide bonds. The highest BCUT2D eigenvalue weighted by molar-refractivity contribution is 6.00. The molecule has 3 rings (SSSR count). The lowest BCUT2D eigenvalue weighted by Gasteiger charge is -2.17. The molecule has 0 bridgehead atoms. The van der Waals surface area contributed by atoms with Crippen LogP contribution in [0.4, 0.5) is 5.69 Å². The summed E-state index contributed by atoms with van der Waals surface area (Å²) in [5.41, 5.74) is 3.01. The lowest BCUT2D eigenvalue weighted by atomic mass is 10.1. The summed E-state index contributed by atoms with van der Waals surface area (Å²) in [5.74, 6) is 0.314. The number of ether oxygens (including phenoxy) is 1. The maximum absolute atomic E-state index is 12.4. The van der Waals surface area contributed by atoms with Crippen LogP contribution in [0.15, 0.2) is 48.5 Å². The van der Waals surface area contributed by atoms with E-state index in [1.54, 1.807) is 12.0 Å². The molecule has 2 aromatic rings. The van der Waals surface area contributed by atoms with Gasteiger partial charge in [0.15, 0.2) is 0 Å². The first kappa shape index (κ1) is 17.0. The molecule has 5 heteroatoms. The Balaban J connectivity index is 1.60. The van der Waals surface area contributed by atoms with Crippen molar-refractivity contribution in [3.8, 4) is 5.75 Å². The summed E-state index contributed by atoms with van der Waals surface area (Å²) in [4.78, 5) is 26.4. The first-order valence-corrected chi connectivity index (χ1v) is 8.34. The van der Waals surface area contributed by atoms with Crippen LogP contribution in [0.1, 0.15) is 17.5 Å². The maximum atomic E-state index is 12.4. The van der Waals surface area contributed by atoms with Gasteiger partial charge in [0.05, 0.1) is 13.0 Å². The van der Waals surface area contributed by atoms with E-state index >= 15 is 0 Å². The van der Waals surface area contributed by atoms with E-state index in [4.69, 9.17) is 4.74 Å². The minimum absolute atomic E-state index is 0.0270. The third-order valence-electron chi connectivity index (χ3n) is 4.43. The fourth-order valence-corrected chi connectivity index (χ4v) is 3.05. The molecule has 1 unspecified atom stereocenters. The molecular formula is C20H22N2O3. The molecule has 5 nitrogen and oxygen atoms in total. The molecule has 1 atom stereocenters. The van der Waals surface area contributed by atoms with Crippen molar-refractivity contribution in [2.24, 2.45) is 5.92 Å². The molecule has 1 saturated heterocycles. The number of carbonyl (C=O) groups excluding carboxylic acids is 2. The molecule has 130 valence electrons. The zero-order valence-corrected chi connectivity index (χ0v) is 14.5. The minimum Gasteiger partial charge on any atom is -0.497 e. The molecular weight excluding hydrogens is 316 g/mol. The molecule has 2 aromatic carbocycles. The number of hydrogen-bond acceptors (Lipinski definition) is 3. The Bertz CT molecular complexity index is 771. The Kier molecular flexibility index (Phi) is 5.03. The number of aryl methyl sites for hydroxylation is 1. The van der Waals surface area contributed by atoms with Crippen molar-refractivity contribution in [2.45, 2.75) is 19.9 Å². The molecule has 1 aliphatic rings. The number of nitrogens with zero attached hydrogens (tertiary/aromatic N) is 1. The molecule has 1 N–H and O–H groups in total. The number of methoxy groups -OCH3 is 1. The van der Waals surface area contributed by atoms with Gasteiger partial charge in [0.25, 0.3) is 0 Å². The second-order valence-electron chi connectivity index (χ2n) is 6.31. The third-order valence-corrected chi connectivity index (χ3v) is 4.43. The van der Waals surface area contributed by atoms with Crippen molar-refractivity contribution in [2.75, 3.05) is 18.6 Å². The summed E-state index contributed by atoms with van der Waals surface area (Å²) < 4.78 is 5.13. The average molecular weight is 338 g/mol. The van der Waals surface area contributed by atoms with E-state index in [0.717, 1.165) is 22.6 Å². The van der Waals surface area contributed by atoms with Gasteiger partial charge < -0.3 is 15.0 Å². The zero-order chi connectivity index (χ0) is 17.8. The average Bonchev–Trinajstić information content (AvgIpc) is 3.02. The minimum atomic E-state index is -0.320. The first-order chi connectivity index (χ1) is 12.1. The van der Waals surface area contributed by atoms with E-state index in [1.165, 1.54) is 0 Å². The number of benzene rings is 2. The molecule has 1 aliphatic heterocycles. The highest BCUT2D eigenvalue weighted by atomic mass is 16.5. The van der Waals surface area contributed by atoms with Crippen LogP contribution < -0.4 is 15.0 Å². The highest BCUT2D eigenvalue weighted by Gasteiger charge is 2.34. The van der Waals surface area contributed by atoms with Crippen LogP contribution in [0, 0.1) is 12.8 Å². The maximum Gasteiger partial charge on any atom is 0.227 e. The molecule has 0 spiro atoms. The van der Waals surface area contributed by atoms with Gasteiger partial charge in [-0.15, -0.1) is 0 Å². The Labute approximate surface area is 147 Å². The third kappa shape index (κ3) is 3.99. The van der Waals surface area contributed by atoms with Crippen LogP contribution in [0.2, 0.25) is 0 Å². The van der Waals surface area contributed by atoms with E-state index in [-0.39, 0.29) is 24.2 Å². The lowest BCUT2D eigenvalue weighted by molar-refractivity contribution is -0.126. The molecule has 1 heterocycles. The van der Waals surface area contributed by atoms with Gasteiger partial charge in [0.1, 0.15) is 5.75 Å². The van der Waals surface area contributed by atoms with Gasteiger partial charge in [-0.25, -0.2) is 0 Å². The zero-order valence-electron chi connectivity index (χ0n) is 14.5. The number of amides is 2. The fraction of sp³-hybridized carbons (Fsp3) is 0.300. The molecule has 0 radical (unpaired) electrons. The van der Waals surface area contributed by atoms with Gasteiger partial charge in [-0.3, -0.25) is 9.59 Å². The van der Waals surface area contributed by atoms with Crippen LogP contribution in [0.5, 0.6) is 5.75 Å². The Morgan fingerprint density at radius 2 is 2.00 bits per heavy atom. The normalized spacial score (nSPS) is 16.8. The first-order valence-electron chi connectivity index (χ1n) is 8.34. The topological polar surface area (TPSA) is 58.6 Å². The fourth-order valence-electron chi connectivity index (χ4n) is 3.05. The van der Waals surface area contributed by atoms with E-state index in [1.807, 2.05) is 55.5 Å². The molecule has 1 fully saturated rings.